The fraction of sp³-hybridized carbons (Fsp3) is 0.882. The predicted octanol–water partition coefficient (Wildman–Crippen LogP) is 3.36. The van der Waals surface area contributed by atoms with E-state index in [2.05, 4.69) is 30.2 Å². The number of hydrogen-bond acceptors (Lipinski definition) is 3. The maximum absolute atomic E-state index is 6.05. The smallest absolute Gasteiger partial charge is 0.0604 e. The van der Waals surface area contributed by atoms with Crippen molar-refractivity contribution >= 4 is 0 Å². The molecule has 0 bridgehead atoms. The number of nitrogens with zero attached hydrogens (tertiary/aromatic N) is 1. The van der Waals surface area contributed by atoms with Crippen molar-refractivity contribution < 1.29 is 0 Å². The molecule has 3 heteroatoms. The van der Waals surface area contributed by atoms with Crippen LogP contribution in [0, 0.1) is 0 Å². The van der Waals surface area contributed by atoms with Crippen molar-refractivity contribution in [2.75, 3.05) is 13.1 Å². The number of hydrazine groups is 1. The largest absolute Gasteiger partial charge is 0.296 e. The first-order valence-corrected chi connectivity index (χ1v) is 8.68. The summed E-state index contributed by atoms with van der Waals surface area (Å²) in [4.78, 5) is 2.66. The van der Waals surface area contributed by atoms with Gasteiger partial charge in [0.05, 0.1) is 6.04 Å². The Morgan fingerprint density at radius 3 is 2.45 bits per heavy atom. The zero-order chi connectivity index (χ0) is 14.4. The third kappa shape index (κ3) is 3.10. The molecule has 0 amide bonds. The van der Waals surface area contributed by atoms with Crippen LogP contribution in [0.3, 0.4) is 0 Å². The van der Waals surface area contributed by atoms with Gasteiger partial charge in [0, 0.05) is 5.54 Å². The summed E-state index contributed by atoms with van der Waals surface area (Å²) in [6.07, 6.45) is 14.3. The molecule has 1 saturated carbocycles. The minimum absolute atomic E-state index is 0.258. The Bertz CT molecular complexity index is 314. The maximum atomic E-state index is 6.05. The van der Waals surface area contributed by atoms with Crippen LogP contribution in [0.1, 0.15) is 71.6 Å². The molecule has 2 aliphatic rings. The van der Waals surface area contributed by atoms with Crippen LogP contribution < -0.4 is 11.3 Å². The molecule has 3 N–H and O–H groups in total. The Morgan fingerprint density at radius 1 is 1.15 bits per heavy atom. The molecule has 2 aliphatic carbocycles. The topological polar surface area (TPSA) is 41.3 Å². The van der Waals surface area contributed by atoms with Crippen LogP contribution in [0.2, 0.25) is 0 Å². The molecule has 116 valence electrons. The van der Waals surface area contributed by atoms with Crippen LogP contribution in [-0.2, 0) is 0 Å². The summed E-state index contributed by atoms with van der Waals surface area (Å²) >= 11 is 0. The van der Waals surface area contributed by atoms with Crippen molar-refractivity contribution in [2.45, 2.75) is 83.2 Å². The standard InChI is InChI=1S/C17H33N3/c1-3-20(4-2)17(13-9-10-14-17)16(19-18)15-11-7-5-6-8-12-15/h11,16,19H,3-10,12-14,18H2,1-2H3. The predicted molar refractivity (Wildman–Crippen MR) is 86.4 cm³/mol. The fourth-order valence-corrected chi connectivity index (χ4v) is 4.54. The Balaban J connectivity index is 2.27. The van der Waals surface area contributed by atoms with Crippen molar-refractivity contribution in [3.8, 4) is 0 Å². The van der Waals surface area contributed by atoms with Gasteiger partial charge >= 0.3 is 0 Å². The lowest BCUT2D eigenvalue weighted by Crippen LogP contribution is -2.62. The number of rotatable bonds is 6. The summed E-state index contributed by atoms with van der Waals surface area (Å²) in [6.45, 7) is 6.83. The van der Waals surface area contributed by atoms with E-state index in [0.717, 1.165) is 13.1 Å². The van der Waals surface area contributed by atoms with E-state index in [-0.39, 0.29) is 5.54 Å². The minimum Gasteiger partial charge on any atom is -0.296 e. The molecule has 3 nitrogen and oxygen atoms in total. The highest BCUT2D eigenvalue weighted by atomic mass is 15.3. The van der Waals surface area contributed by atoms with Crippen LogP contribution >= 0.6 is 0 Å². The quantitative estimate of drug-likeness (QED) is 0.445. The van der Waals surface area contributed by atoms with Crippen LogP contribution in [0.15, 0.2) is 11.6 Å². The highest BCUT2D eigenvalue weighted by Gasteiger charge is 2.45. The average molecular weight is 279 g/mol. The van der Waals surface area contributed by atoms with Gasteiger partial charge in [0.25, 0.3) is 0 Å². The van der Waals surface area contributed by atoms with E-state index in [1.54, 1.807) is 5.57 Å². The molecule has 0 aromatic heterocycles. The van der Waals surface area contributed by atoms with Gasteiger partial charge in [0.2, 0.25) is 0 Å². The Hall–Kier alpha value is -0.380. The molecule has 1 unspecified atom stereocenters. The highest BCUT2D eigenvalue weighted by molar-refractivity contribution is 5.21. The molecule has 0 radical (unpaired) electrons. The molecular formula is C17H33N3. The van der Waals surface area contributed by atoms with Gasteiger partial charge in [-0.05, 0) is 51.6 Å². The second-order valence-electron chi connectivity index (χ2n) is 6.46. The van der Waals surface area contributed by atoms with Gasteiger partial charge in [0.15, 0.2) is 0 Å². The van der Waals surface area contributed by atoms with Gasteiger partial charge in [-0.25, -0.2) is 0 Å². The van der Waals surface area contributed by atoms with Gasteiger partial charge < -0.3 is 0 Å². The summed E-state index contributed by atoms with van der Waals surface area (Å²) in [6, 6.07) is 0.350. The van der Waals surface area contributed by atoms with Crippen molar-refractivity contribution in [1.82, 2.24) is 10.3 Å². The number of likely N-dealkylation sites (N-methyl/N-ethyl adjacent to an activating group) is 1. The molecule has 0 heterocycles. The first kappa shape index (κ1) is 16.0. The van der Waals surface area contributed by atoms with E-state index in [9.17, 15) is 0 Å². The number of hydrogen-bond donors (Lipinski definition) is 2. The SMILES string of the molecule is CCN(CC)C1(C(NN)C2=CCCCCC2)CCCC1. The molecule has 0 aromatic rings. The molecule has 0 aliphatic heterocycles. The van der Waals surface area contributed by atoms with Gasteiger partial charge in [0.1, 0.15) is 0 Å². The first-order chi connectivity index (χ1) is 9.78. The maximum Gasteiger partial charge on any atom is 0.0604 e. The summed E-state index contributed by atoms with van der Waals surface area (Å²) in [5.74, 6) is 6.05. The molecule has 0 spiro atoms. The van der Waals surface area contributed by atoms with E-state index in [1.165, 1.54) is 57.8 Å². The monoisotopic (exact) mass is 279 g/mol. The lowest BCUT2D eigenvalue weighted by molar-refractivity contribution is 0.0742. The number of nitrogens with two attached hydrogens (primary N) is 1. The second-order valence-corrected chi connectivity index (χ2v) is 6.46. The Kier molecular flexibility index (Phi) is 6.06. The highest BCUT2D eigenvalue weighted by Crippen LogP contribution is 2.41. The fourth-order valence-electron chi connectivity index (χ4n) is 4.54. The third-order valence-electron chi connectivity index (χ3n) is 5.51. The second kappa shape index (κ2) is 7.58. The molecule has 1 fully saturated rings. The average Bonchev–Trinajstić information content (AvgIpc) is 2.79. The normalized spacial score (nSPS) is 24.5. The molecule has 20 heavy (non-hydrogen) atoms. The van der Waals surface area contributed by atoms with E-state index in [4.69, 9.17) is 5.84 Å². The molecule has 0 aromatic carbocycles. The third-order valence-corrected chi connectivity index (χ3v) is 5.51. The van der Waals surface area contributed by atoms with Gasteiger partial charge in [-0.15, -0.1) is 0 Å². The Morgan fingerprint density at radius 2 is 1.85 bits per heavy atom. The first-order valence-electron chi connectivity index (χ1n) is 8.68. The van der Waals surface area contributed by atoms with Crippen LogP contribution in [0.5, 0.6) is 0 Å². The van der Waals surface area contributed by atoms with E-state index in [0.29, 0.717) is 6.04 Å². The zero-order valence-electron chi connectivity index (χ0n) is 13.5. The van der Waals surface area contributed by atoms with Crippen molar-refractivity contribution in [3.63, 3.8) is 0 Å². The molecular weight excluding hydrogens is 246 g/mol. The molecule has 2 rings (SSSR count). The van der Waals surface area contributed by atoms with Crippen molar-refractivity contribution in [2.24, 2.45) is 5.84 Å². The van der Waals surface area contributed by atoms with Crippen LogP contribution in [0.4, 0.5) is 0 Å². The number of allylic oxidation sites excluding steroid dienone is 1. The lowest BCUT2D eigenvalue weighted by Gasteiger charge is -2.47. The summed E-state index contributed by atoms with van der Waals surface area (Å²) < 4.78 is 0. The summed E-state index contributed by atoms with van der Waals surface area (Å²) in [5, 5.41) is 0. The molecule has 1 atom stereocenters. The summed E-state index contributed by atoms with van der Waals surface area (Å²) in [7, 11) is 0. The van der Waals surface area contributed by atoms with E-state index in [1.807, 2.05) is 0 Å². The number of nitrogens with one attached hydrogen (secondary N) is 1. The molecule has 0 saturated heterocycles. The lowest BCUT2D eigenvalue weighted by atomic mass is 9.80. The van der Waals surface area contributed by atoms with Crippen LogP contribution in [0.25, 0.3) is 0 Å². The Labute approximate surface area is 124 Å². The van der Waals surface area contributed by atoms with Crippen molar-refractivity contribution in [3.05, 3.63) is 11.6 Å². The summed E-state index contributed by atoms with van der Waals surface area (Å²) in [5.41, 5.74) is 5.06. The van der Waals surface area contributed by atoms with Crippen molar-refractivity contribution in [1.29, 1.82) is 0 Å². The van der Waals surface area contributed by atoms with Gasteiger partial charge in [-0.1, -0.05) is 44.8 Å². The zero-order valence-corrected chi connectivity index (χ0v) is 13.5. The van der Waals surface area contributed by atoms with Gasteiger partial charge in [-0.3, -0.25) is 16.2 Å². The van der Waals surface area contributed by atoms with E-state index >= 15 is 0 Å². The van der Waals surface area contributed by atoms with Crippen LogP contribution in [-0.4, -0.2) is 29.6 Å². The van der Waals surface area contributed by atoms with E-state index < -0.39 is 0 Å². The van der Waals surface area contributed by atoms with Gasteiger partial charge in [-0.2, -0.15) is 0 Å². The minimum atomic E-state index is 0.258.